The molecule has 3 N–H and O–H groups in total. The van der Waals surface area contributed by atoms with Gasteiger partial charge in [-0.1, -0.05) is 33.6 Å². The molecular weight excluding hydrogens is 248 g/mol. The summed E-state index contributed by atoms with van der Waals surface area (Å²) in [7, 11) is 0. The molecule has 2 rings (SSSR count). The van der Waals surface area contributed by atoms with E-state index in [1.165, 1.54) is 25.7 Å². The summed E-state index contributed by atoms with van der Waals surface area (Å²) in [5, 5.41) is 7.56. The van der Waals surface area contributed by atoms with Crippen LogP contribution in [-0.4, -0.2) is 21.7 Å². The van der Waals surface area contributed by atoms with Gasteiger partial charge in [-0.05, 0) is 43.6 Å². The maximum Gasteiger partial charge on any atom is 0.153 e. The second-order valence-electron chi connectivity index (χ2n) is 7.30. The van der Waals surface area contributed by atoms with Crippen molar-refractivity contribution < 1.29 is 0 Å². The average molecular weight is 278 g/mol. The number of nitrogens with one attached hydrogen (secondary N) is 1. The highest BCUT2D eigenvalue weighted by Crippen LogP contribution is 2.33. The first-order chi connectivity index (χ1) is 9.50. The van der Waals surface area contributed by atoms with E-state index in [1.54, 1.807) is 0 Å². The molecular formula is C16H30N4. The van der Waals surface area contributed by atoms with Crippen molar-refractivity contribution in [2.75, 3.05) is 6.54 Å². The van der Waals surface area contributed by atoms with Gasteiger partial charge in [-0.25, -0.2) is 4.98 Å². The fraction of sp³-hybridized carbons (Fsp3) is 0.875. The van der Waals surface area contributed by atoms with Gasteiger partial charge in [-0.2, -0.15) is 5.10 Å². The summed E-state index contributed by atoms with van der Waals surface area (Å²) in [6, 6.07) is 0. The summed E-state index contributed by atoms with van der Waals surface area (Å²) in [6.45, 7) is 7.68. The van der Waals surface area contributed by atoms with Gasteiger partial charge in [-0.3, -0.25) is 5.10 Å². The molecule has 1 aliphatic carbocycles. The number of rotatable bonds is 6. The van der Waals surface area contributed by atoms with E-state index in [-0.39, 0.29) is 0 Å². The minimum atomic E-state index is 0.313. The number of H-pyrrole nitrogens is 1. The van der Waals surface area contributed by atoms with Crippen LogP contribution in [0.15, 0.2) is 0 Å². The zero-order valence-corrected chi connectivity index (χ0v) is 13.3. The fourth-order valence-corrected chi connectivity index (χ4v) is 3.31. The molecule has 1 heterocycles. The lowest BCUT2D eigenvalue weighted by molar-refractivity contribution is 0.214. The standard InChI is InChI=1S/C16H30N4/c1-16(2,3)13(10-11-17)8-9-14-18-15(20-19-14)12-6-4-5-7-12/h12-13H,4-11,17H2,1-3H3,(H,18,19,20). The van der Waals surface area contributed by atoms with Crippen molar-refractivity contribution in [1.29, 1.82) is 0 Å². The Balaban J connectivity index is 1.89. The highest BCUT2D eigenvalue weighted by molar-refractivity contribution is 5.00. The van der Waals surface area contributed by atoms with Gasteiger partial charge in [0.1, 0.15) is 5.82 Å². The van der Waals surface area contributed by atoms with Crippen LogP contribution in [0.5, 0.6) is 0 Å². The van der Waals surface area contributed by atoms with Crippen molar-refractivity contribution in [3.8, 4) is 0 Å². The average Bonchev–Trinajstić information content (AvgIpc) is 3.03. The van der Waals surface area contributed by atoms with Crippen molar-refractivity contribution in [3.63, 3.8) is 0 Å². The van der Waals surface area contributed by atoms with Gasteiger partial charge in [0, 0.05) is 12.3 Å². The van der Waals surface area contributed by atoms with E-state index in [0.717, 1.165) is 37.5 Å². The van der Waals surface area contributed by atoms with E-state index in [1.807, 2.05) is 0 Å². The Morgan fingerprint density at radius 3 is 2.55 bits per heavy atom. The number of aromatic amines is 1. The van der Waals surface area contributed by atoms with Crippen molar-refractivity contribution >= 4 is 0 Å². The molecule has 20 heavy (non-hydrogen) atoms. The Morgan fingerprint density at radius 2 is 1.95 bits per heavy atom. The molecule has 1 saturated carbocycles. The van der Waals surface area contributed by atoms with Gasteiger partial charge >= 0.3 is 0 Å². The van der Waals surface area contributed by atoms with Crippen molar-refractivity contribution in [2.45, 2.75) is 71.6 Å². The third-order valence-electron chi connectivity index (χ3n) is 4.74. The molecule has 1 atom stereocenters. The van der Waals surface area contributed by atoms with Crippen molar-refractivity contribution in [2.24, 2.45) is 17.1 Å². The van der Waals surface area contributed by atoms with Crippen LogP contribution in [0.1, 0.15) is 76.9 Å². The number of hydrogen-bond acceptors (Lipinski definition) is 3. The minimum absolute atomic E-state index is 0.313. The molecule has 0 aliphatic heterocycles. The van der Waals surface area contributed by atoms with Gasteiger partial charge in [-0.15, -0.1) is 0 Å². The van der Waals surface area contributed by atoms with Crippen LogP contribution in [0, 0.1) is 11.3 Å². The lowest BCUT2D eigenvalue weighted by atomic mass is 9.76. The molecule has 1 unspecified atom stereocenters. The van der Waals surface area contributed by atoms with Crippen LogP contribution < -0.4 is 5.73 Å². The van der Waals surface area contributed by atoms with Gasteiger partial charge in [0.15, 0.2) is 5.82 Å². The van der Waals surface area contributed by atoms with Crippen LogP contribution in [0.25, 0.3) is 0 Å². The van der Waals surface area contributed by atoms with Crippen LogP contribution in [0.4, 0.5) is 0 Å². The van der Waals surface area contributed by atoms with E-state index in [0.29, 0.717) is 17.3 Å². The van der Waals surface area contributed by atoms with Crippen LogP contribution >= 0.6 is 0 Å². The quantitative estimate of drug-likeness (QED) is 0.838. The summed E-state index contributed by atoms with van der Waals surface area (Å²) in [4.78, 5) is 4.71. The molecule has 0 radical (unpaired) electrons. The first-order valence-electron chi connectivity index (χ1n) is 8.12. The lowest BCUT2D eigenvalue weighted by Gasteiger charge is -2.30. The van der Waals surface area contributed by atoms with E-state index >= 15 is 0 Å². The summed E-state index contributed by atoms with van der Waals surface area (Å²) >= 11 is 0. The topological polar surface area (TPSA) is 67.6 Å². The number of aryl methyl sites for hydroxylation is 1. The van der Waals surface area contributed by atoms with Crippen LogP contribution in [-0.2, 0) is 6.42 Å². The maximum atomic E-state index is 5.75. The second-order valence-corrected chi connectivity index (χ2v) is 7.30. The van der Waals surface area contributed by atoms with Gasteiger partial charge in [0.05, 0.1) is 0 Å². The van der Waals surface area contributed by atoms with E-state index in [4.69, 9.17) is 10.7 Å². The second kappa shape index (κ2) is 6.70. The Bertz CT molecular complexity index is 399. The zero-order chi connectivity index (χ0) is 14.6. The molecule has 0 saturated heterocycles. The summed E-state index contributed by atoms with van der Waals surface area (Å²) < 4.78 is 0. The van der Waals surface area contributed by atoms with E-state index < -0.39 is 0 Å². The van der Waals surface area contributed by atoms with Gasteiger partial charge in [0.2, 0.25) is 0 Å². The molecule has 114 valence electrons. The maximum absolute atomic E-state index is 5.75. The molecule has 0 aromatic carbocycles. The number of nitrogens with zero attached hydrogens (tertiary/aromatic N) is 2. The molecule has 4 heteroatoms. The normalized spacial score (nSPS) is 18.6. The number of aromatic nitrogens is 3. The van der Waals surface area contributed by atoms with Crippen LogP contribution in [0.3, 0.4) is 0 Å². The smallest absolute Gasteiger partial charge is 0.153 e. The largest absolute Gasteiger partial charge is 0.330 e. The first-order valence-corrected chi connectivity index (χ1v) is 8.12. The molecule has 0 amide bonds. The predicted octanol–water partition coefficient (Wildman–Crippen LogP) is 3.41. The summed E-state index contributed by atoms with van der Waals surface area (Å²) in [5.74, 6) is 3.34. The van der Waals surface area contributed by atoms with Gasteiger partial charge < -0.3 is 5.73 Å². The molecule has 0 bridgehead atoms. The molecule has 1 aromatic rings. The highest BCUT2D eigenvalue weighted by Gasteiger charge is 2.25. The van der Waals surface area contributed by atoms with Crippen molar-refractivity contribution in [1.82, 2.24) is 15.2 Å². The fourth-order valence-electron chi connectivity index (χ4n) is 3.31. The number of nitrogens with two attached hydrogens (primary N) is 1. The lowest BCUT2D eigenvalue weighted by Crippen LogP contribution is -2.24. The molecule has 1 fully saturated rings. The highest BCUT2D eigenvalue weighted by atomic mass is 15.2. The Labute approximate surface area is 122 Å². The van der Waals surface area contributed by atoms with E-state index in [2.05, 4.69) is 31.0 Å². The third kappa shape index (κ3) is 4.05. The molecule has 1 aliphatic rings. The Kier molecular flexibility index (Phi) is 5.19. The van der Waals surface area contributed by atoms with E-state index in [9.17, 15) is 0 Å². The predicted molar refractivity (Wildman–Crippen MR) is 82.5 cm³/mol. The molecule has 0 spiro atoms. The minimum Gasteiger partial charge on any atom is -0.330 e. The van der Waals surface area contributed by atoms with Crippen LogP contribution in [0.2, 0.25) is 0 Å². The SMILES string of the molecule is CC(C)(C)C(CCN)CCc1nc(C2CCCC2)n[nH]1. The third-order valence-corrected chi connectivity index (χ3v) is 4.74. The monoisotopic (exact) mass is 278 g/mol. The first kappa shape index (κ1) is 15.5. The Hall–Kier alpha value is -0.900. The zero-order valence-electron chi connectivity index (χ0n) is 13.3. The summed E-state index contributed by atoms with van der Waals surface area (Å²) in [6.07, 6.45) is 8.40. The number of hydrogen-bond donors (Lipinski definition) is 2. The Morgan fingerprint density at radius 1 is 1.25 bits per heavy atom. The summed E-state index contributed by atoms with van der Waals surface area (Å²) in [5.41, 5.74) is 6.06. The van der Waals surface area contributed by atoms with Gasteiger partial charge in [0.25, 0.3) is 0 Å². The molecule has 4 nitrogen and oxygen atoms in total. The van der Waals surface area contributed by atoms with Crippen molar-refractivity contribution in [3.05, 3.63) is 11.6 Å². The molecule has 1 aromatic heterocycles.